The van der Waals surface area contributed by atoms with E-state index in [0.29, 0.717) is 0 Å². The number of rotatable bonds is 2. The van der Waals surface area contributed by atoms with Gasteiger partial charge in [-0.05, 0) is 34.0 Å². The zero-order valence-corrected chi connectivity index (χ0v) is 11.0. The molecule has 0 radical (unpaired) electrons. The smallest absolute Gasteiger partial charge is 0.194 e. The Morgan fingerprint density at radius 2 is 1.43 bits per heavy atom. The topological polar surface area (TPSA) is 26.0 Å². The van der Waals surface area contributed by atoms with Gasteiger partial charge in [0.1, 0.15) is 0 Å². The van der Waals surface area contributed by atoms with E-state index in [9.17, 15) is 13.2 Å². The van der Waals surface area contributed by atoms with Gasteiger partial charge in [-0.3, -0.25) is 0 Å². The van der Waals surface area contributed by atoms with Gasteiger partial charge < -0.3 is 5.73 Å². The van der Waals surface area contributed by atoms with Crippen molar-refractivity contribution >= 4 is 10.8 Å². The highest BCUT2D eigenvalue weighted by Crippen LogP contribution is 2.28. The van der Waals surface area contributed by atoms with Gasteiger partial charge in [-0.15, -0.1) is 0 Å². The highest BCUT2D eigenvalue weighted by atomic mass is 19.2. The second-order valence-corrected chi connectivity index (χ2v) is 4.84. The van der Waals surface area contributed by atoms with E-state index >= 15 is 0 Å². The van der Waals surface area contributed by atoms with Crippen molar-refractivity contribution in [2.45, 2.75) is 6.04 Å². The van der Waals surface area contributed by atoms with Gasteiger partial charge in [0.05, 0.1) is 6.04 Å². The molecule has 0 saturated heterocycles. The zero-order valence-electron chi connectivity index (χ0n) is 11.0. The summed E-state index contributed by atoms with van der Waals surface area (Å²) < 4.78 is 39.8. The summed E-state index contributed by atoms with van der Waals surface area (Å²) in [6, 6.07) is 14.3. The Bertz CT molecular complexity index is 786. The van der Waals surface area contributed by atoms with Crippen LogP contribution in [0.5, 0.6) is 0 Å². The Morgan fingerprint density at radius 1 is 0.810 bits per heavy atom. The van der Waals surface area contributed by atoms with Gasteiger partial charge in [0.15, 0.2) is 17.5 Å². The average molecular weight is 287 g/mol. The lowest BCUT2D eigenvalue weighted by atomic mass is 9.94. The van der Waals surface area contributed by atoms with Gasteiger partial charge in [-0.25, -0.2) is 13.2 Å². The van der Waals surface area contributed by atoms with Crippen LogP contribution >= 0.6 is 0 Å². The van der Waals surface area contributed by atoms with Crippen LogP contribution in [0.1, 0.15) is 17.2 Å². The molecule has 21 heavy (non-hydrogen) atoms. The van der Waals surface area contributed by atoms with Crippen molar-refractivity contribution in [1.82, 2.24) is 0 Å². The van der Waals surface area contributed by atoms with Gasteiger partial charge in [-0.2, -0.15) is 0 Å². The molecule has 3 rings (SSSR count). The maximum absolute atomic E-state index is 13.4. The first kappa shape index (κ1) is 13.6. The summed E-state index contributed by atoms with van der Waals surface area (Å²) in [5.74, 6) is -3.95. The summed E-state index contributed by atoms with van der Waals surface area (Å²) in [7, 11) is 0. The molecule has 2 N–H and O–H groups in total. The van der Waals surface area contributed by atoms with Crippen molar-refractivity contribution < 1.29 is 13.2 Å². The standard InChI is InChI=1S/C17H12F3N/c18-14-8-11(9-15(19)16(14)20)17(21)13-7-3-5-10-4-1-2-6-12(10)13/h1-9,17H,21H2. The summed E-state index contributed by atoms with van der Waals surface area (Å²) in [4.78, 5) is 0. The van der Waals surface area contributed by atoms with Crippen molar-refractivity contribution in [2.75, 3.05) is 0 Å². The highest BCUT2D eigenvalue weighted by Gasteiger charge is 2.17. The molecule has 1 atom stereocenters. The fourth-order valence-corrected chi connectivity index (χ4v) is 2.46. The maximum atomic E-state index is 13.4. The molecule has 0 spiro atoms. The first-order chi connectivity index (χ1) is 10.1. The summed E-state index contributed by atoms with van der Waals surface area (Å²) >= 11 is 0. The molecule has 1 unspecified atom stereocenters. The van der Waals surface area contributed by atoms with Crippen LogP contribution in [0.2, 0.25) is 0 Å². The Kier molecular flexibility index (Phi) is 3.39. The molecule has 0 aliphatic rings. The molecule has 0 aliphatic carbocycles. The predicted octanol–water partition coefficient (Wildman–Crippen LogP) is 4.31. The molecule has 0 saturated carbocycles. The Labute approximate surface area is 119 Å². The molecule has 0 aliphatic heterocycles. The van der Waals surface area contributed by atoms with Crippen LogP contribution in [-0.4, -0.2) is 0 Å². The van der Waals surface area contributed by atoms with Crippen molar-refractivity contribution in [3.05, 3.63) is 83.2 Å². The first-order valence-corrected chi connectivity index (χ1v) is 6.45. The quantitative estimate of drug-likeness (QED) is 0.698. The number of benzene rings is 3. The second kappa shape index (κ2) is 5.22. The fraction of sp³-hybridized carbons (Fsp3) is 0.0588. The molecule has 0 fully saturated rings. The molecule has 4 heteroatoms. The van der Waals surface area contributed by atoms with E-state index in [1.165, 1.54) is 0 Å². The number of hydrogen-bond donors (Lipinski definition) is 1. The van der Waals surface area contributed by atoms with E-state index in [1.54, 1.807) is 6.07 Å². The molecule has 0 aromatic heterocycles. The average Bonchev–Trinajstić information content (AvgIpc) is 2.51. The van der Waals surface area contributed by atoms with Gasteiger partial charge >= 0.3 is 0 Å². The van der Waals surface area contributed by atoms with E-state index < -0.39 is 23.5 Å². The number of nitrogens with two attached hydrogens (primary N) is 1. The van der Waals surface area contributed by atoms with Crippen molar-refractivity contribution in [3.8, 4) is 0 Å². The normalized spacial score (nSPS) is 12.6. The fourth-order valence-electron chi connectivity index (χ4n) is 2.46. The SMILES string of the molecule is NC(c1cc(F)c(F)c(F)c1)c1cccc2ccccc12. The number of hydrogen-bond acceptors (Lipinski definition) is 1. The molecule has 0 heterocycles. The van der Waals surface area contributed by atoms with Crippen molar-refractivity contribution in [3.63, 3.8) is 0 Å². The lowest BCUT2D eigenvalue weighted by Crippen LogP contribution is -2.13. The number of halogens is 3. The third-order valence-electron chi connectivity index (χ3n) is 3.52. The van der Waals surface area contributed by atoms with Gasteiger partial charge in [0.2, 0.25) is 0 Å². The van der Waals surface area contributed by atoms with Crippen LogP contribution < -0.4 is 5.73 Å². The van der Waals surface area contributed by atoms with E-state index in [-0.39, 0.29) is 5.56 Å². The van der Waals surface area contributed by atoms with Crippen LogP contribution in [0.4, 0.5) is 13.2 Å². The lowest BCUT2D eigenvalue weighted by Gasteiger charge is -2.15. The van der Waals surface area contributed by atoms with E-state index in [0.717, 1.165) is 28.5 Å². The van der Waals surface area contributed by atoms with Crippen LogP contribution in [0.15, 0.2) is 54.6 Å². The summed E-state index contributed by atoms with van der Waals surface area (Å²) in [5, 5.41) is 1.88. The van der Waals surface area contributed by atoms with Crippen LogP contribution in [-0.2, 0) is 0 Å². The maximum Gasteiger partial charge on any atom is 0.194 e. The highest BCUT2D eigenvalue weighted by molar-refractivity contribution is 5.86. The van der Waals surface area contributed by atoms with Crippen LogP contribution in [0.25, 0.3) is 10.8 Å². The van der Waals surface area contributed by atoms with Gasteiger partial charge in [0.25, 0.3) is 0 Å². The molecule has 3 aromatic rings. The Balaban J connectivity index is 2.15. The second-order valence-electron chi connectivity index (χ2n) is 4.84. The molecule has 3 aromatic carbocycles. The minimum absolute atomic E-state index is 0.197. The summed E-state index contributed by atoms with van der Waals surface area (Å²) in [6.45, 7) is 0. The minimum Gasteiger partial charge on any atom is -0.320 e. The van der Waals surface area contributed by atoms with Crippen molar-refractivity contribution in [2.24, 2.45) is 5.73 Å². The molecular formula is C17H12F3N. The Morgan fingerprint density at radius 3 is 2.14 bits per heavy atom. The molecule has 0 bridgehead atoms. The largest absolute Gasteiger partial charge is 0.320 e. The van der Waals surface area contributed by atoms with E-state index in [1.807, 2.05) is 36.4 Å². The summed E-state index contributed by atoms with van der Waals surface area (Å²) in [6.07, 6.45) is 0. The van der Waals surface area contributed by atoms with Crippen molar-refractivity contribution in [1.29, 1.82) is 0 Å². The third-order valence-corrected chi connectivity index (χ3v) is 3.52. The molecule has 1 nitrogen and oxygen atoms in total. The summed E-state index contributed by atoms with van der Waals surface area (Å²) in [5.41, 5.74) is 7.05. The van der Waals surface area contributed by atoms with Crippen LogP contribution in [0.3, 0.4) is 0 Å². The van der Waals surface area contributed by atoms with Gasteiger partial charge in [-0.1, -0.05) is 42.5 Å². The Hall–Kier alpha value is -2.33. The molecule has 0 amide bonds. The van der Waals surface area contributed by atoms with E-state index in [2.05, 4.69) is 0 Å². The van der Waals surface area contributed by atoms with Crippen LogP contribution in [0, 0.1) is 17.5 Å². The first-order valence-electron chi connectivity index (χ1n) is 6.45. The minimum atomic E-state index is -1.48. The molecular weight excluding hydrogens is 275 g/mol. The number of fused-ring (bicyclic) bond motifs is 1. The molecule has 106 valence electrons. The van der Waals surface area contributed by atoms with E-state index in [4.69, 9.17) is 5.73 Å². The monoisotopic (exact) mass is 287 g/mol. The van der Waals surface area contributed by atoms with Gasteiger partial charge in [0, 0.05) is 0 Å². The predicted molar refractivity (Wildman–Crippen MR) is 76.3 cm³/mol. The lowest BCUT2D eigenvalue weighted by molar-refractivity contribution is 0.444. The zero-order chi connectivity index (χ0) is 15.0. The third kappa shape index (κ3) is 2.38.